The van der Waals surface area contributed by atoms with E-state index in [2.05, 4.69) is 30.1 Å². The molecule has 2 aromatic carbocycles. The second-order valence-corrected chi connectivity index (χ2v) is 10.6. The van der Waals surface area contributed by atoms with E-state index in [9.17, 15) is 9.90 Å². The number of aryl methyl sites for hydroxylation is 1. The molecule has 7 heteroatoms. The minimum atomic E-state index is -0.895. The number of thiazole rings is 1. The highest BCUT2D eigenvalue weighted by Crippen LogP contribution is 2.45. The summed E-state index contributed by atoms with van der Waals surface area (Å²) in [6.45, 7) is 5.55. The van der Waals surface area contributed by atoms with Crippen molar-refractivity contribution in [3.8, 4) is 26.8 Å². The van der Waals surface area contributed by atoms with Crippen LogP contribution in [0.25, 0.3) is 21.0 Å². The molecule has 1 aromatic heterocycles. The number of ether oxygens (including phenoxy) is 3. The van der Waals surface area contributed by atoms with Crippen molar-refractivity contribution in [2.45, 2.75) is 57.8 Å². The Morgan fingerprint density at radius 1 is 1.08 bits per heavy atom. The van der Waals surface area contributed by atoms with Gasteiger partial charge in [-0.05, 0) is 66.1 Å². The van der Waals surface area contributed by atoms with Gasteiger partial charge >= 0.3 is 5.97 Å². The molecule has 3 aromatic rings. The van der Waals surface area contributed by atoms with E-state index >= 15 is 0 Å². The standard InChI is InChI=1S/C29H35NO5S/c1-4-20-16-22(8-10-23(20)28(31)32)27-30-18-26(36-27)21-9-11-25(35-19-34-15-14-33-3)24(17-21)29(2)12-6-5-7-13-29/h8-11,16-18H,4-7,12-15,19H2,1-3H3,(H,31,32). The first kappa shape index (κ1) is 26.3. The van der Waals surface area contributed by atoms with E-state index in [1.54, 1.807) is 24.5 Å². The molecular formula is C29H35NO5S. The van der Waals surface area contributed by atoms with Crippen molar-refractivity contribution in [1.29, 1.82) is 0 Å². The van der Waals surface area contributed by atoms with Crippen LogP contribution in [0, 0.1) is 0 Å². The van der Waals surface area contributed by atoms with E-state index < -0.39 is 5.97 Å². The third kappa shape index (κ3) is 5.97. The molecule has 1 heterocycles. The van der Waals surface area contributed by atoms with Crippen LogP contribution in [0.2, 0.25) is 0 Å². The maximum Gasteiger partial charge on any atom is 0.335 e. The maximum atomic E-state index is 11.5. The number of aromatic carboxylic acids is 1. The molecule has 0 saturated heterocycles. The molecule has 1 aliphatic carbocycles. The smallest absolute Gasteiger partial charge is 0.335 e. The molecule has 0 unspecified atom stereocenters. The summed E-state index contributed by atoms with van der Waals surface area (Å²) < 4.78 is 16.7. The summed E-state index contributed by atoms with van der Waals surface area (Å²) in [5.41, 5.74) is 4.52. The Kier molecular flexibility index (Phi) is 8.77. The summed E-state index contributed by atoms with van der Waals surface area (Å²) in [4.78, 5) is 17.3. The second kappa shape index (κ2) is 12.0. The highest BCUT2D eigenvalue weighted by atomic mass is 32.1. The molecule has 1 fully saturated rings. The van der Waals surface area contributed by atoms with Gasteiger partial charge in [-0.25, -0.2) is 9.78 Å². The Morgan fingerprint density at radius 2 is 1.86 bits per heavy atom. The quantitative estimate of drug-likeness (QED) is 0.222. The first-order valence-corrected chi connectivity index (χ1v) is 13.4. The van der Waals surface area contributed by atoms with Crippen LogP contribution in [0.5, 0.6) is 5.75 Å². The molecular weight excluding hydrogens is 474 g/mol. The van der Waals surface area contributed by atoms with Crippen molar-refractivity contribution in [2.24, 2.45) is 0 Å². The number of carboxylic acids is 1. The lowest BCUT2D eigenvalue weighted by Gasteiger charge is -2.35. The number of hydrogen-bond donors (Lipinski definition) is 1. The predicted octanol–water partition coefficient (Wildman–Crippen LogP) is 6.96. The Bertz CT molecular complexity index is 1180. The molecule has 0 amide bonds. The molecule has 0 bridgehead atoms. The minimum Gasteiger partial charge on any atom is -0.478 e. The van der Waals surface area contributed by atoms with Crippen LogP contribution in [0.4, 0.5) is 0 Å². The molecule has 1 saturated carbocycles. The number of carboxylic acid groups (broad SMARTS) is 1. The van der Waals surface area contributed by atoms with Crippen molar-refractivity contribution in [3.63, 3.8) is 0 Å². The van der Waals surface area contributed by atoms with Crippen LogP contribution in [-0.4, -0.2) is 43.2 Å². The minimum absolute atomic E-state index is 0.0618. The largest absolute Gasteiger partial charge is 0.478 e. The van der Waals surface area contributed by atoms with Crippen LogP contribution in [0.1, 0.15) is 67.4 Å². The third-order valence-electron chi connectivity index (χ3n) is 7.07. The number of rotatable bonds is 11. The summed E-state index contributed by atoms with van der Waals surface area (Å²) in [6.07, 6.45) is 8.58. The summed E-state index contributed by atoms with van der Waals surface area (Å²) in [7, 11) is 1.66. The number of benzene rings is 2. The van der Waals surface area contributed by atoms with E-state index in [4.69, 9.17) is 14.2 Å². The van der Waals surface area contributed by atoms with Crippen LogP contribution in [0.15, 0.2) is 42.6 Å². The van der Waals surface area contributed by atoms with E-state index in [1.165, 1.54) is 24.8 Å². The van der Waals surface area contributed by atoms with Crippen LogP contribution < -0.4 is 4.74 Å². The first-order valence-electron chi connectivity index (χ1n) is 12.6. The summed E-state index contributed by atoms with van der Waals surface area (Å²) in [5, 5.41) is 10.3. The molecule has 36 heavy (non-hydrogen) atoms. The van der Waals surface area contributed by atoms with E-state index in [-0.39, 0.29) is 12.2 Å². The topological polar surface area (TPSA) is 77.9 Å². The molecule has 1 aliphatic rings. The fourth-order valence-electron chi connectivity index (χ4n) is 4.96. The normalized spacial score (nSPS) is 15.1. The lowest BCUT2D eigenvalue weighted by atomic mass is 9.70. The summed E-state index contributed by atoms with van der Waals surface area (Å²) in [5.74, 6) is -0.0180. The molecule has 0 atom stereocenters. The van der Waals surface area contributed by atoms with Gasteiger partial charge in [0.2, 0.25) is 0 Å². The van der Waals surface area contributed by atoms with Crippen molar-refractivity contribution >= 4 is 17.3 Å². The highest BCUT2D eigenvalue weighted by Gasteiger charge is 2.32. The molecule has 0 aliphatic heterocycles. The van der Waals surface area contributed by atoms with E-state index in [0.29, 0.717) is 25.2 Å². The molecule has 0 radical (unpaired) electrons. The number of carbonyl (C=O) groups is 1. The summed E-state index contributed by atoms with van der Waals surface area (Å²) >= 11 is 1.62. The number of nitrogens with zero attached hydrogens (tertiary/aromatic N) is 1. The van der Waals surface area contributed by atoms with Gasteiger partial charge in [-0.1, -0.05) is 39.2 Å². The molecule has 0 spiro atoms. The van der Waals surface area contributed by atoms with E-state index in [1.807, 2.05) is 25.3 Å². The highest BCUT2D eigenvalue weighted by molar-refractivity contribution is 7.18. The van der Waals surface area contributed by atoms with Crippen LogP contribution in [-0.2, 0) is 21.3 Å². The van der Waals surface area contributed by atoms with Gasteiger partial charge in [0.05, 0.1) is 23.7 Å². The Balaban J connectivity index is 1.62. The number of methoxy groups -OCH3 is 1. The predicted molar refractivity (Wildman–Crippen MR) is 143 cm³/mol. The SMILES string of the molecule is CCc1cc(-c2ncc(-c3ccc(OCOCCOC)c(C4(C)CCCCC4)c3)s2)ccc1C(=O)O. The number of aromatic nitrogens is 1. The molecule has 1 N–H and O–H groups in total. The zero-order valence-corrected chi connectivity index (χ0v) is 22.2. The van der Waals surface area contributed by atoms with Gasteiger partial charge in [-0.15, -0.1) is 11.3 Å². The third-order valence-corrected chi connectivity index (χ3v) is 8.17. The zero-order valence-electron chi connectivity index (χ0n) is 21.3. The van der Waals surface area contributed by atoms with Gasteiger partial charge in [-0.3, -0.25) is 0 Å². The Labute approximate surface area is 217 Å². The van der Waals surface area contributed by atoms with Crippen molar-refractivity contribution in [2.75, 3.05) is 27.1 Å². The van der Waals surface area contributed by atoms with Crippen molar-refractivity contribution in [3.05, 3.63) is 59.3 Å². The van der Waals surface area contributed by atoms with Gasteiger partial charge in [0.25, 0.3) is 0 Å². The zero-order chi connectivity index (χ0) is 25.5. The molecule has 192 valence electrons. The van der Waals surface area contributed by atoms with Crippen molar-refractivity contribution in [1.82, 2.24) is 4.98 Å². The van der Waals surface area contributed by atoms with Gasteiger partial charge in [-0.2, -0.15) is 0 Å². The van der Waals surface area contributed by atoms with Gasteiger partial charge < -0.3 is 19.3 Å². The van der Waals surface area contributed by atoms with Crippen LogP contribution >= 0.6 is 11.3 Å². The lowest BCUT2D eigenvalue weighted by Crippen LogP contribution is -2.26. The summed E-state index contributed by atoms with van der Waals surface area (Å²) in [6, 6.07) is 11.9. The van der Waals surface area contributed by atoms with Crippen molar-refractivity contribution < 1.29 is 24.1 Å². The van der Waals surface area contributed by atoms with E-state index in [0.717, 1.165) is 45.2 Å². The van der Waals surface area contributed by atoms with Gasteiger partial charge in [0.1, 0.15) is 10.8 Å². The molecule has 6 nitrogen and oxygen atoms in total. The monoisotopic (exact) mass is 509 g/mol. The maximum absolute atomic E-state index is 11.5. The van der Waals surface area contributed by atoms with Crippen LogP contribution in [0.3, 0.4) is 0 Å². The van der Waals surface area contributed by atoms with Gasteiger partial charge in [0, 0.05) is 24.4 Å². The second-order valence-electron chi connectivity index (χ2n) is 9.56. The molecule has 4 rings (SSSR count). The first-order chi connectivity index (χ1) is 17.4. The van der Waals surface area contributed by atoms with Gasteiger partial charge in [0.15, 0.2) is 6.79 Å². The lowest BCUT2D eigenvalue weighted by molar-refractivity contribution is -0.00943. The fraction of sp³-hybridized carbons (Fsp3) is 0.448. The Hall–Kier alpha value is -2.74. The average Bonchev–Trinajstić information content (AvgIpc) is 3.39. The fourth-order valence-corrected chi connectivity index (χ4v) is 5.87. The average molecular weight is 510 g/mol. The Morgan fingerprint density at radius 3 is 2.58 bits per heavy atom. The number of hydrogen-bond acceptors (Lipinski definition) is 6.